The van der Waals surface area contributed by atoms with E-state index in [-0.39, 0.29) is 0 Å². The van der Waals surface area contributed by atoms with Crippen LogP contribution in [0.25, 0.3) is 11.4 Å². The zero-order valence-corrected chi connectivity index (χ0v) is 16.3. The fourth-order valence-electron chi connectivity index (χ4n) is 2.79. The Balaban J connectivity index is 1.72. The smallest absolute Gasteiger partial charge is 0.163 e. The molecule has 2 aromatic carbocycles. The molecule has 3 rings (SSSR count). The monoisotopic (exact) mass is 378 g/mol. The summed E-state index contributed by atoms with van der Waals surface area (Å²) in [6, 6.07) is 20.0. The van der Waals surface area contributed by atoms with Crippen molar-refractivity contribution in [1.29, 1.82) is 0 Å². The van der Waals surface area contributed by atoms with Gasteiger partial charge in [-0.05, 0) is 24.1 Å². The highest BCUT2D eigenvalue weighted by Gasteiger charge is 2.07. The second-order valence-corrected chi connectivity index (χ2v) is 6.28. The average molecular weight is 378 g/mol. The number of benzene rings is 2. The first-order valence-corrected chi connectivity index (χ1v) is 9.32. The van der Waals surface area contributed by atoms with Crippen LogP contribution in [0, 0.1) is 0 Å². The molecule has 0 fully saturated rings. The zero-order chi connectivity index (χ0) is 19.6. The molecule has 0 saturated heterocycles. The Morgan fingerprint density at radius 1 is 0.821 bits per heavy atom. The lowest BCUT2D eigenvalue weighted by molar-refractivity contribution is 0.210. The van der Waals surface area contributed by atoms with Crippen molar-refractivity contribution in [1.82, 2.24) is 9.97 Å². The lowest BCUT2D eigenvalue weighted by Gasteiger charge is -2.12. The van der Waals surface area contributed by atoms with Crippen LogP contribution in [0.4, 0.5) is 11.6 Å². The predicted octanol–water partition coefficient (Wildman–Crippen LogP) is 3.87. The summed E-state index contributed by atoms with van der Waals surface area (Å²) in [7, 11) is 3.37. The van der Waals surface area contributed by atoms with Gasteiger partial charge in [0.25, 0.3) is 0 Å². The van der Waals surface area contributed by atoms with Gasteiger partial charge in [-0.1, -0.05) is 42.5 Å². The molecule has 6 heteroatoms. The Morgan fingerprint density at radius 3 is 2.29 bits per heavy atom. The number of anilines is 2. The molecule has 0 aliphatic rings. The van der Waals surface area contributed by atoms with Gasteiger partial charge in [0.2, 0.25) is 0 Å². The van der Waals surface area contributed by atoms with Gasteiger partial charge in [-0.2, -0.15) is 0 Å². The van der Waals surface area contributed by atoms with E-state index in [0.29, 0.717) is 19.0 Å². The molecule has 0 saturated carbocycles. The van der Waals surface area contributed by atoms with Gasteiger partial charge >= 0.3 is 0 Å². The quantitative estimate of drug-likeness (QED) is 0.522. The highest BCUT2D eigenvalue weighted by molar-refractivity contribution is 5.61. The highest BCUT2D eigenvalue weighted by atomic mass is 16.5. The highest BCUT2D eigenvalue weighted by Crippen LogP contribution is 2.20. The third-order valence-electron chi connectivity index (χ3n) is 4.22. The van der Waals surface area contributed by atoms with Gasteiger partial charge in [0.1, 0.15) is 17.4 Å². The molecule has 0 radical (unpaired) electrons. The summed E-state index contributed by atoms with van der Waals surface area (Å²) in [6.45, 7) is 2.06. The summed E-state index contributed by atoms with van der Waals surface area (Å²) >= 11 is 0. The van der Waals surface area contributed by atoms with E-state index in [4.69, 9.17) is 9.47 Å². The molecule has 1 aromatic heterocycles. The van der Waals surface area contributed by atoms with Crippen LogP contribution in [0.2, 0.25) is 0 Å². The molecule has 6 nitrogen and oxygen atoms in total. The minimum absolute atomic E-state index is 0.614. The Morgan fingerprint density at radius 2 is 1.57 bits per heavy atom. The Kier molecular flexibility index (Phi) is 7.21. The van der Waals surface area contributed by atoms with Crippen LogP contribution in [-0.2, 0) is 11.2 Å². The fraction of sp³-hybridized carbons (Fsp3) is 0.273. The minimum atomic E-state index is 0.614. The summed E-state index contributed by atoms with van der Waals surface area (Å²) in [5, 5.41) is 6.70. The average Bonchev–Trinajstić information content (AvgIpc) is 2.75. The minimum Gasteiger partial charge on any atom is -0.497 e. The number of hydrogen-bond acceptors (Lipinski definition) is 6. The molecule has 3 aromatic rings. The largest absolute Gasteiger partial charge is 0.497 e. The number of aromatic nitrogens is 2. The number of hydrogen-bond donors (Lipinski definition) is 2. The van der Waals surface area contributed by atoms with E-state index in [1.54, 1.807) is 14.2 Å². The van der Waals surface area contributed by atoms with E-state index in [1.807, 2.05) is 48.5 Å². The third-order valence-corrected chi connectivity index (χ3v) is 4.22. The Labute approximate surface area is 166 Å². The van der Waals surface area contributed by atoms with Crippen LogP contribution in [0.15, 0.2) is 60.7 Å². The SMILES string of the molecule is COCCNc1cc(NCCc2cccc(OC)c2)nc(-c2ccccc2)n1. The molecule has 146 valence electrons. The number of ether oxygens (including phenoxy) is 2. The second kappa shape index (κ2) is 10.3. The van der Waals surface area contributed by atoms with E-state index < -0.39 is 0 Å². The van der Waals surface area contributed by atoms with Gasteiger partial charge in [0, 0.05) is 31.8 Å². The fourth-order valence-corrected chi connectivity index (χ4v) is 2.79. The van der Waals surface area contributed by atoms with Gasteiger partial charge in [-0.25, -0.2) is 9.97 Å². The number of methoxy groups -OCH3 is 2. The van der Waals surface area contributed by atoms with Crippen molar-refractivity contribution in [3.05, 3.63) is 66.2 Å². The van der Waals surface area contributed by atoms with E-state index in [1.165, 1.54) is 5.56 Å². The first-order valence-electron chi connectivity index (χ1n) is 9.32. The van der Waals surface area contributed by atoms with E-state index in [0.717, 1.165) is 35.9 Å². The maximum Gasteiger partial charge on any atom is 0.163 e. The van der Waals surface area contributed by atoms with Gasteiger partial charge in [-0.3, -0.25) is 0 Å². The van der Waals surface area contributed by atoms with Gasteiger partial charge < -0.3 is 20.1 Å². The first kappa shape index (κ1) is 19.6. The normalized spacial score (nSPS) is 10.5. The van der Waals surface area contributed by atoms with Crippen molar-refractivity contribution >= 4 is 11.6 Å². The molecule has 28 heavy (non-hydrogen) atoms. The zero-order valence-electron chi connectivity index (χ0n) is 16.3. The Bertz CT molecular complexity index is 871. The topological polar surface area (TPSA) is 68.3 Å². The van der Waals surface area contributed by atoms with Gasteiger partial charge in [0.05, 0.1) is 13.7 Å². The van der Waals surface area contributed by atoms with E-state index in [9.17, 15) is 0 Å². The van der Waals surface area contributed by atoms with Crippen LogP contribution in [0.1, 0.15) is 5.56 Å². The number of rotatable bonds is 10. The summed E-state index contributed by atoms with van der Waals surface area (Å²) in [5.74, 6) is 3.12. The maximum atomic E-state index is 5.29. The van der Waals surface area contributed by atoms with Crippen molar-refractivity contribution < 1.29 is 9.47 Å². The van der Waals surface area contributed by atoms with Crippen molar-refractivity contribution in [3.8, 4) is 17.1 Å². The summed E-state index contributed by atoms with van der Waals surface area (Å²) in [5.41, 5.74) is 2.19. The molecule has 0 aliphatic heterocycles. The lowest BCUT2D eigenvalue weighted by Crippen LogP contribution is -2.12. The Hall–Kier alpha value is -3.12. The molecule has 0 spiro atoms. The summed E-state index contributed by atoms with van der Waals surface area (Å²) < 4.78 is 10.4. The number of nitrogens with one attached hydrogen (secondary N) is 2. The maximum absolute atomic E-state index is 5.29. The van der Waals surface area contributed by atoms with Crippen LogP contribution in [-0.4, -0.2) is 43.9 Å². The first-order chi connectivity index (χ1) is 13.8. The number of nitrogens with zero attached hydrogens (tertiary/aromatic N) is 2. The molecule has 1 heterocycles. The predicted molar refractivity (Wildman–Crippen MR) is 113 cm³/mol. The van der Waals surface area contributed by atoms with Crippen LogP contribution in [0.5, 0.6) is 5.75 Å². The molecular weight excluding hydrogens is 352 g/mol. The van der Waals surface area contributed by atoms with E-state index >= 15 is 0 Å². The molecule has 0 amide bonds. The molecule has 0 atom stereocenters. The molecular formula is C22H26N4O2. The third kappa shape index (κ3) is 5.69. The van der Waals surface area contributed by atoms with Crippen LogP contribution < -0.4 is 15.4 Å². The van der Waals surface area contributed by atoms with Gasteiger partial charge in [0.15, 0.2) is 5.82 Å². The summed E-state index contributed by atoms with van der Waals surface area (Å²) in [6.07, 6.45) is 0.869. The molecule has 0 bridgehead atoms. The molecule has 2 N–H and O–H groups in total. The summed E-state index contributed by atoms with van der Waals surface area (Å²) in [4.78, 5) is 9.31. The molecule has 0 aliphatic carbocycles. The van der Waals surface area contributed by atoms with Gasteiger partial charge in [-0.15, -0.1) is 0 Å². The van der Waals surface area contributed by atoms with Crippen molar-refractivity contribution in [3.63, 3.8) is 0 Å². The van der Waals surface area contributed by atoms with Crippen molar-refractivity contribution in [2.75, 3.05) is 44.5 Å². The molecule has 0 unspecified atom stereocenters. The second-order valence-electron chi connectivity index (χ2n) is 6.28. The van der Waals surface area contributed by atoms with Crippen molar-refractivity contribution in [2.24, 2.45) is 0 Å². The van der Waals surface area contributed by atoms with Crippen LogP contribution >= 0.6 is 0 Å². The van der Waals surface area contributed by atoms with E-state index in [2.05, 4.69) is 32.7 Å². The van der Waals surface area contributed by atoms with Crippen LogP contribution in [0.3, 0.4) is 0 Å². The van der Waals surface area contributed by atoms with Crippen molar-refractivity contribution in [2.45, 2.75) is 6.42 Å². The standard InChI is InChI=1S/C22H26N4O2/c1-27-14-13-24-21-16-20(25-22(26-21)18-8-4-3-5-9-18)23-12-11-17-7-6-10-19(15-17)28-2/h3-10,15-16H,11-14H2,1-2H3,(H2,23,24,25,26). The lowest BCUT2D eigenvalue weighted by atomic mass is 10.1.